The smallest absolute Gasteiger partial charge is 0.251 e. The molecule has 0 atom stereocenters. The lowest BCUT2D eigenvalue weighted by Crippen LogP contribution is -2.42. The Morgan fingerprint density at radius 3 is 2.52 bits per heavy atom. The van der Waals surface area contributed by atoms with Crippen molar-refractivity contribution in [1.29, 1.82) is 0 Å². The molecule has 2 aliphatic rings. The van der Waals surface area contributed by atoms with E-state index in [1.807, 2.05) is 12.1 Å². The van der Waals surface area contributed by atoms with E-state index < -0.39 is 10.0 Å². The minimum Gasteiger partial charge on any atom is -0.352 e. The third-order valence-electron chi connectivity index (χ3n) is 4.52. The number of piperidine rings is 1. The van der Waals surface area contributed by atoms with Gasteiger partial charge < -0.3 is 5.32 Å². The third-order valence-corrected chi connectivity index (χ3v) is 7.41. The van der Waals surface area contributed by atoms with Crippen molar-refractivity contribution < 1.29 is 13.2 Å². The second kappa shape index (κ2) is 6.91. The van der Waals surface area contributed by atoms with Gasteiger partial charge in [0.1, 0.15) is 0 Å². The van der Waals surface area contributed by atoms with Gasteiger partial charge in [0, 0.05) is 29.7 Å². The number of benzene rings is 1. The van der Waals surface area contributed by atoms with Crippen LogP contribution in [0.4, 0.5) is 0 Å². The van der Waals surface area contributed by atoms with Crippen molar-refractivity contribution in [1.82, 2.24) is 9.62 Å². The molecule has 1 aliphatic heterocycles. The summed E-state index contributed by atoms with van der Waals surface area (Å²) in [7, 11) is -3.05. The van der Waals surface area contributed by atoms with Crippen LogP contribution >= 0.6 is 15.9 Å². The van der Waals surface area contributed by atoms with Crippen LogP contribution in [0.25, 0.3) is 0 Å². The van der Waals surface area contributed by atoms with Crippen LogP contribution in [0, 0.1) is 5.92 Å². The van der Waals surface area contributed by atoms with Crippen LogP contribution in [0.3, 0.4) is 0 Å². The second-order valence-corrected chi connectivity index (χ2v) is 9.44. The predicted octanol–water partition coefficient (Wildman–Crippen LogP) is 2.38. The van der Waals surface area contributed by atoms with E-state index in [0.717, 1.165) is 30.2 Å². The van der Waals surface area contributed by atoms with Crippen molar-refractivity contribution >= 4 is 31.9 Å². The Kier molecular flexibility index (Phi) is 5.08. The third kappa shape index (κ3) is 4.14. The SMILES string of the molecule is O=C(NCC1CCN(S(=O)(=O)C2CC2)CC1)c1cccc(Br)c1. The molecule has 5 nitrogen and oxygen atoms in total. The molecule has 1 N–H and O–H groups in total. The number of sulfonamides is 1. The normalized spacial score (nSPS) is 20.4. The maximum atomic E-state index is 12.2. The first-order valence-electron chi connectivity index (χ1n) is 7.99. The zero-order chi connectivity index (χ0) is 16.4. The highest BCUT2D eigenvalue weighted by molar-refractivity contribution is 9.10. The van der Waals surface area contributed by atoms with Crippen molar-refractivity contribution in [2.45, 2.75) is 30.9 Å². The Labute approximate surface area is 145 Å². The van der Waals surface area contributed by atoms with E-state index in [0.29, 0.717) is 31.1 Å². The van der Waals surface area contributed by atoms with Crippen LogP contribution in [0.5, 0.6) is 0 Å². The monoisotopic (exact) mass is 400 g/mol. The Bertz CT molecular complexity index is 680. The molecule has 3 rings (SSSR count). The highest BCUT2D eigenvalue weighted by Crippen LogP contribution is 2.33. The molecule has 1 saturated heterocycles. The van der Waals surface area contributed by atoms with Crippen molar-refractivity contribution in [2.24, 2.45) is 5.92 Å². The van der Waals surface area contributed by atoms with Gasteiger partial charge >= 0.3 is 0 Å². The summed E-state index contributed by atoms with van der Waals surface area (Å²) < 4.78 is 26.9. The Morgan fingerprint density at radius 2 is 1.91 bits per heavy atom. The molecule has 1 aromatic carbocycles. The molecule has 1 heterocycles. The van der Waals surface area contributed by atoms with E-state index in [1.54, 1.807) is 16.4 Å². The molecule has 0 bridgehead atoms. The Balaban J connectivity index is 1.47. The molecule has 1 aliphatic carbocycles. The van der Waals surface area contributed by atoms with E-state index >= 15 is 0 Å². The van der Waals surface area contributed by atoms with Crippen LogP contribution in [0.1, 0.15) is 36.0 Å². The quantitative estimate of drug-likeness (QED) is 0.824. The van der Waals surface area contributed by atoms with Gasteiger partial charge in [0.05, 0.1) is 5.25 Å². The van der Waals surface area contributed by atoms with E-state index in [-0.39, 0.29) is 11.2 Å². The Hall–Kier alpha value is -0.920. The summed E-state index contributed by atoms with van der Waals surface area (Å²) in [4.78, 5) is 12.1. The van der Waals surface area contributed by atoms with Crippen molar-refractivity contribution in [2.75, 3.05) is 19.6 Å². The average molecular weight is 401 g/mol. The van der Waals surface area contributed by atoms with Crippen LogP contribution in [0.2, 0.25) is 0 Å². The summed E-state index contributed by atoms with van der Waals surface area (Å²) in [5.41, 5.74) is 0.633. The fourth-order valence-corrected chi connectivity index (χ4v) is 5.19. The lowest BCUT2D eigenvalue weighted by Gasteiger charge is -2.31. The molecular formula is C16H21BrN2O3S. The number of hydrogen-bond donors (Lipinski definition) is 1. The predicted molar refractivity (Wildman–Crippen MR) is 92.7 cm³/mol. The van der Waals surface area contributed by atoms with Gasteiger partial charge in [-0.1, -0.05) is 22.0 Å². The van der Waals surface area contributed by atoms with Gasteiger partial charge in [0.15, 0.2) is 0 Å². The number of carbonyl (C=O) groups is 1. The van der Waals surface area contributed by atoms with E-state index in [4.69, 9.17) is 0 Å². The summed E-state index contributed by atoms with van der Waals surface area (Å²) in [5.74, 6) is 0.260. The number of nitrogens with zero attached hydrogens (tertiary/aromatic N) is 1. The number of carbonyl (C=O) groups excluding carboxylic acids is 1. The molecule has 23 heavy (non-hydrogen) atoms. The number of halogens is 1. The van der Waals surface area contributed by atoms with Gasteiger partial charge in [0.2, 0.25) is 10.0 Å². The lowest BCUT2D eigenvalue weighted by molar-refractivity contribution is 0.0941. The standard InChI is InChI=1S/C16H21BrN2O3S/c17-14-3-1-2-13(10-14)16(20)18-11-12-6-8-19(9-7-12)23(21,22)15-4-5-15/h1-3,10,12,15H,4-9,11H2,(H,18,20). The van der Waals surface area contributed by atoms with Gasteiger partial charge in [-0.05, 0) is 49.8 Å². The fraction of sp³-hybridized carbons (Fsp3) is 0.562. The van der Waals surface area contributed by atoms with Crippen molar-refractivity contribution in [3.8, 4) is 0 Å². The van der Waals surface area contributed by atoms with Gasteiger partial charge in [-0.3, -0.25) is 4.79 Å². The van der Waals surface area contributed by atoms with Crippen molar-refractivity contribution in [3.63, 3.8) is 0 Å². The summed E-state index contributed by atoms with van der Waals surface area (Å²) in [6.45, 7) is 1.76. The minimum atomic E-state index is -3.05. The fourth-order valence-electron chi connectivity index (χ4n) is 2.91. The molecule has 0 unspecified atom stereocenters. The van der Waals surface area contributed by atoms with Crippen LogP contribution < -0.4 is 5.32 Å². The van der Waals surface area contributed by atoms with Gasteiger partial charge in [0.25, 0.3) is 5.91 Å². The summed E-state index contributed by atoms with van der Waals surface area (Å²) >= 11 is 3.36. The average Bonchev–Trinajstić information content (AvgIpc) is 3.38. The summed E-state index contributed by atoms with van der Waals surface area (Å²) in [5, 5.41) is 2.83. The highest BCUT2D eigenvalue weighted by Gasteiger charge is 2.41. The molecule has 7 heteroatoms. The van der Waals surface area contributed by atoms with Crippen LogP contribution in [-0.4, -0.2) is 43.5 Å². The molecular weight excluding hydrogens is 380 g/mol. The highest BCUT2D eigenvalue weighted by atomic mass is 79.9. The molecule has 2 fully saturated rings. The minimum absolute atomic E-state index is 0.0840. The van der Waals surface area contributed by atoms with E-state index in [1.165, 1.54) is 0 Å². The maximum Gasteiger partial charge on any atom is 0.251 e. The lowest BCUT2D eigenvalue weighted by atomic mass is 9.98. The van der Waals surface area contributed by atoms with E-state index in [2.05, 4.69) is 21.2 Å². The zero-order valence-corrected chi connectivity index (χ0v) is 15.3. The van der Waals surface area contributed by atoms with Crippen molar-refractivity contribution in [3.05, 3.63) is 34.3 Å². The number of nitrogens with one attached hydrogen (secondary N) is 1. The maximum absolute atomic E-state index is 12.2. The van der Waals surface area contributed by atoms with Gasteiger partial charge in [-0.15, -0.1) is 0 Å². The first kappa shape index (κ1) is 16.9. The van der Waals surface area contributed by atoms with Gasteiger partial charge in [-0.25, -0.2) is 12.7 Å². The first-order valence-corrected chi connectivity index (χ1v) is 10.3. The second-order valence-electron chi connectivity index (χ2n) is 6.31. The van der Waals surface area contributed by atoms with E-state index in [9.17, 15) is 13.2 Å². The summed E-state index contributed by atoms with van der Waals surface area (Å²) in [6, 6.07) is 7.29. The molecule has 1 amide bonds. The number of amides is 1. The first-order chi connectivity index (χ1) is 11.0. The Morgan fingerprint density at radius 1 is 1.22 bits per heavy atom. The summed E-state index contributed by atoms with van der Waals surface area (Å²) in [6.07, 6.45) is 3.24. The number of rotatable bonds is 5. The van der Waals surface area contributed by atoms with Gasteiger partial charge in [-0.2, -0.15) is 0 Å². The largest absolute Gasteiger partial charge is 0.352 e. The zero-order valence-electron chi connectivity index (χ0n) is 12.9. The topological polar surface area (TPSA) is 66.5 Å². The molecule has 0 aromatic heterocycles. The van der Waals surface area contributed by atoms with Crippen LogP contribution in [-0.2, 0) is 10.0 Å². The molecule has 0 radical (unpaired) electrons. The van der Waals surface area contributed by atoms with Crippen LogP contribution in [0.15, 0.2) is 28.7 Å². The molecule has 126 valence electrons. The molecule has 0 spiro atoms. The molecule has 1 aromatic rings. The number of hydrogen-bond acceptors (Lipinski definition) is 3. The molecule has 1 saturated carbocycles.